The van der Waals surface area contributed by atoms with Gasteiger partial charge in [-0.2, -0.15) is 0 Å². The number of thioether (sulfide) groups is 1. The van der Waals surface area contributed by atoms with E-state index in [2.05, 4.69) is 4.99 Å². The van der Waals surface area contributed by atoms with Crippen LogP contribution < -0.4 is 5.73 Å². The molecular formula is C6H11FN2S. The Labute approximate surface area is 64.1 Å². The molecule has 0 saturated heterocycles. The van der Waals surface area contributed by atoms with Gasteiger partial charge in [-0.15, -0.1) is 0 Å². The zero-order chi connectivity index (χ0) is 7.56. The number of hydrogen-bond acceptors (Lipinski definition) is 3. The average molecular weight is 162 g/mol. The molecule has 0 aromatic heterocycles. The lowest BCUT2D eigenvalue weighted by Gasteiger charge is -2.20. The van der Waals surface area contributed by atoms with Crippen LogP contribution in [0.15, 0.2) is 4.99 Å². The third-order valence-electron chi connectivity index (χ3n) is 1.41. The van der Waals surface area contributed by atoms with Crippen LogP contribution in [0.5, 0.6) is 0 Å². The molecule has 0 aromatic rings. The van der Waals surface area contributed by atoms with Crippen molar-refractivity contribution in [1.82, 2.24) is 0 Å². The summed E-state index contributed by atoms with van der Waals surface area (Å²) in [7, 11) is 0. The lowest BCUT2D eigenvalue weighted by molar-refractivity contribution is 0.456. The van der Waals surface area contributed by atoms with E-state index < -0.39 is 0 Å². The molecule has 0 bridgehead atoms. The predicted octanol–water partition coefficient (Wildman–Crippen LogP) is 1.16. The summed E-state index contributed by atoms with van der Waals surface area (Å²) in [4.78, 5) is 4.07. The topological polar surface area (TPSA) is 38.4 Å². The van der Waals surface area contributed by atoms with Gasteiger partial charge in [-0.1, -0.05) is 11.8 Å². The fourth-order valence-electron chi connectivity index (χ4n) is 0.994. The summed E-state index contributed by atoms with van der Waals surface area (Å²) in [5.74, 6) is 0. The van der Waals surface area contributed by atoms with Gasteiger partial charge in [0.2, 0.25) is 0 Å². The van der Waals surface area contributed by atoms with Crippen molar-refractivity contribution < 1.29 is 4.39 Å². The number of amidine groups is 1. The minimum absolute atomic E-state index is 0.0347. The molecule has 0 aliphatic carbocycles. The second-order valence-corrected chi connectivity index (χ2v) is 3.77. The summed E-state index contributed by atoms with van der Waals surface area (Å²) in [5, 5.41) is 0.564. The largest absolute Gasteiger partial charge is 0.379 e. The summed E-state index contributed by atoms with van der Waals surface area (Å²) < 4.78 is 12.1. The van der Waals surface area contributed by atoms with E-state index in [0.29, 0.717) is 5.17 Å². The Morgan fingerprint density at radius 3 is 3.10 bits per heavy atom. The van der Waals surface area contributed by atoms with Crippen LogP contribution in [0.2, 0.25) is 0 Å². The highest BCUT2D eigenvalue weighted by atomic mass is 32.2. The van der Waals surface area contributed by atoms with E-state index in [0.717, 1.165) is 6.42 Å². The molecule has 4 heteroatoms. The first kappa shape index (κ1) is 7.85. The molecule has 1 heterocycles. The van der Waals surface area contributed by atoms with Gasteiger partial charge in [-0.25, -0.2) is 4.39 Å². The van der Waals surface area contributed by atoms with Crippen molar-refractivity contribution in [1.29, 1.82) is 0 Å². The molecule has 1 aliphatic rings. The number of hydrogen-bond donors (Lipinski definition) is 1. The van der Waals surface area contributed by atoms with E-state index in [9.17, 15) is 4.39 Å². The van der Waals surface area contributed by atoms with Gasteiger partial charge >= 0.3 is 0 Å². The third kappa shape index (κ3) is 1.87. The minimum Gasteiger partial charge on any atom is -0.379 e. The van der Waals surface area contributed by atoms with Crippen molar-refractivity contribution in [3.05, 3.63) is 0 Å². The van der Waals surface area contributed by atoms with Gasteiger partial charge in [0.1, 0.15) is 6.67 Å². The zero-order valence-corrected chi connectivity index (χ0v) is 6.70. The molecule has 2 N–H and O–H groups in total. The molecule has 1 aliphatic heterocycles. The summed E-state index contributed by atoms with van der Waals surface area (Å²) in [5.41, 5.74) is 5.44. The second-order valence-electron chi connectivity index (χ2n) is 2.45. The number of nitrogens with zero attached hydrogens (tertiary/aromatic N) is 1. The molecule has 58 valence electrons. The van der Waals surface area contributed by atoms with E-state index in [1.54, 1.807) is 0 Å². The lowest BCUT2D eigenvalue weighted by atomic mass is 10.2. The Morgan fingerprint density at radius 1 is 1.90 bits per heavy atom. The second kappa shape index (κ2) is 3.23. The highest BCUT2D eigenvalue weighted by molar-refractivity contribution is 8.14. The van der Waals surface area contributed by atoms with Gasteiger partial charge in [-0.3, -0.25) is 4.99 Å². The van der Waals surface area contributed by atoms with E-state index in [-0.39, 0.29) is 18.0 Å². The van der Waals surface area contributed by atoms with Crippen LogP contribution in [0.4, 0.5) is 4.39 Å². The molecule has 0 amide bonds. The summed E-state index contributed by atoms with van der Waals surface area (Å²) in [6.45, 7) is 1.65. The van der Waals surface area contributed by atoms with Crippen molar-refractivity contribution in [2.75, 3.05) is 6.67 Å². The van der Waals surface area contributed by atoms with Crippen LogP contribution in [0.1, 0.15) is 13.3 Å². The normalized spacial score (nSPS) is 33.6. The minimum atomic E-state index is -0.300. The standard InChI is InChI=1S/C6H11FN2S/c1-4-2-5(3-7)10-6(8)9-4/h4-5H,2-3H2,1H3,(H2,8,9)/t4-,5?/m0/s1. The molecule has 0 fully saturated rings. The fraction of sp³-hybridized carbons (Fsp3) is 0.833. The van der Waals surface area contributed by atoms with Crippen LogP contribution in [-0.2, 0) is 0 Å². The number of aliphatic imine (C=N–C) groups is 1. The number of rotatable bonds is 1. The first-order chi connectivity index (χ1) is 4.72. The Kier molecular flexibility index (Phi) is 2.54. The van der Waals surface area contributed by atoms with Crippen LogP contribution in [0, 0.1) is 0 Å². The summed E-state index contributed by atoms with van der Waals surface area (Å²) in [6, 6.07) is 0.196. The average Bonchev–Trinajstić information content (AvgIpc) is 1.85. The van der Waals surface area contributed by atoms with Crippen LogP contribution in [-0.4, -0.2) is 23.1 Å². The van der Waals surface area contributed by atoms with Gasteiger partial charge in [0.25, 0.3) is 0 Å². The number of alkyl halides is 1. The molecule has 10 heavy (non-hydrogen) atoms. The Hall–Kier alpha value is -0.250. The maximum Gasteiger partial charge on any atom is 0.154 e. The quantitative estimate of drug-likeness (QED) is 0.628. The fourth-order valence-corrected chi connectivity index (χ4v) is 2.01. The molecule has 0 saturated carbocycles. The predicted molar refractivity (Wildman–Crippen MR) is 43.1 cm³/mol. The van der Waals surface area contributed by atoms with E-state index in [1.807, 2.05) is 6.92 Å². The molecule has 0 spiro atoms. The number of nitrogens with two attached hydrogens (primary N) is 1. The zero-order valence-electron chi connectivity index (χ0n) is 5.88. The first-order valence-electron chi connectivity index (χ1n) is 3.28. The molecule has 0 radical (unpaired) electrons. The van der Waals surface area contributed by atoms with Gasteiger partial charge in [0, 0.05) is 5.25 Å². The van der Waals surface area contributed by atoms with Crippen LogP contribution in [0.25, 0.3) is 0 Å². The highest BCUT2D eigenvalue weighted by Crippen LogP contribution is 2.23. The highest BCUT2D eigenvalue weighted by Gasteiger charge is 2.19. The molecule has 1 rings (SSSR count). The van der Waals surface area contributed by atoms with Gasteiger partial charge < -0.3 is 5.73 Å². The van der Waals surface area contributed by atoms with E-state index in [1.165, 1.54) is 11.8 Å². The lowest BCUT2D eigenvalue weighted by Crippen LogP contribution is -2.25. The van der Waals surface area contributed by atoms with Gasteiger partial charge in [-0.05, 0) is 13.3 Å². The smallest absolute Gasteiger partial charge is 0.154 e. The molecule has 2 atom stereocenters. The van der Waals surface area contributed by atoms with Crippen molar-refractivity contribution in [3.63, 3.8) is 0 Å². The first-order valence-corrected chi connectivity index (χ1v) is 4.16. The van der Waals surface area contributed by atoms with Crippen molar-refractivity contribution in [2.24, 2.45) is 10.7 Å². The van der Waals surface area contributed by atoms with E-state index >= 15 is 0 Å². The summed E-state index contributed by atoms with van der Waals surface area (Å²) >= 11 is 1.34. The molecule has 2 nitrogen and oxygen atoms in total. The van der Waals surface area contributed by atoms with Crippen LogP contribution >= 0.6 is 11.8 Å². The van der Waals surface area contributed by atoms with Crippen molar-refractivity contribution in [3.8, 4) is 0 Å². The van der Waals surface area contributed by atoms with Crippen molar-refractivity contribution in [2.45, 2.75) is 24.6 Å². The Bertz CT molecular complexity index is 149. The van der Waals surface area contributed by atoms with Gasteiger partial charge in [0.05, 0.1) is 6.04 Å². The van der Waals surface area contributed by atoms with Crippen molar-refractivity contribution >= 4 is 16.9 Å². The maximum atomic E-state index is 12.1. The Morgan fingerprint density at radius 2 is 2.60 bits per heavy atom. The Balaban J connectivity index is 2.52. The maximum absolute atomic E-state index is 12.1. The molecular weight excluding hydrogens is 151 g/mol. The third-order valence-corrected chi connectivity index (χ3v) is 2.41. The molecule has 0 aromatic carbocycles. The van der Waals surface area contributed by atoms with Gasteiger partial charge in [0.15, 0.2) is 5.17 Å². The summed E-state index contributed by atoms with van der Waals surface area (Å²) in [6.07, 6.45) is 0.807. The van der Waals surface area contributed by atoms with Crippen LogP contribution in [0.3, 0.4) is 0 Å². The molecule has 1 unspecified atom stereocenters. The number of halogens is 1. The monoisotopic (exact) mass is 162 g/mol. The SMILES string of the molecule is C[C@H]1CC(CF)SC(N)=N1. The van der Waals surface area contributed by atoms with E-state index in [4.69, 9.17) is 5.73 Å².